The van der Waals surface area contributed by atoms with Crippen LogP contribution in [0, 0.1) is 0 Å². The summed E-state index contributed by atoms with van der Waals surface area (Å²) in [6.07, 6.45) is 5.56. The molecule has 0 amide bonds. The molecule has 0 saturated heterocycles. The first kappa shape index (κ1) is 13.1. The summed E-state index contributed by atoms with van der Waals surface area (Å²) in [4.78, 5) is 0. The molecule has 0 bridgehead atoms. The molecule has 2 nitrogen and oxygen atoms in total. The average molecular weight is 205 g/mol. The molecule has 2 unspecified atom stereocenters. The third-order valence-electron chi connectivity index (χ3n) is 2.03. The van der Waals surface area contributed by atoms with Crippen molar-refractivity contribution in [2.45, 2.75) is 52.0 Å². The van der Waals surface area contributed by atoms with Crippen LogP contribution in [0.4, 0.5) is 0 Å². The molecule has 0 aliphatic rings. The predicted octanol–water partition coefficient (Wildman–Crippen LogP) is 2.05. The molecule has 0 spiro atoms. The number of unbranched alkanes of at least 4 members (excludes halogenated alkanes) is 2. The van der Waals surface area contributed by atoms with Gasteiger partial charge in [0.05, 0.1) is 0 Å². The van der Waals surface area contributed by atoms with Gasteiger partial charge in [0, 0.05) is 28.3 Å². The summed E-state index contributed by atoms with van der Waals surface area (Å²) in [5.41, 5.74) is 5.80. The van der Waals surface area contributed by atoms with Gasteiger partial charge < -0.3 is 5.73 Å². The van der Waals surface area contributed by atoms with Gasteiger partial charge >= 0.3 is 0 Å². The molecule has 0 aliphatic carbocycles. The minimum atomic E-state index is -0.678. The van der Waals surface area contributed by atoms with E-state index in [4.69, 9.17) is 5.73 Å². The van der Waals surface area contributed by atoms with Crippen LogP contribution < -0.4 is 5.73 Å². The van der Waals surface area contributed by atoms with Crippen molar-refractivity contribution in [1.82, 2.24) is 0 Å². The third kappa shape index (κ3) is 8.44. The predicted molar refractivity (Wildman–Crippen MR) is 60.3 cm³/mol. The van der Waals surface area contributed by atoms with E-state index < -0.39 is 10.8 Å². The molecule has 0 aromatic carbocycles. The fourth-order valence-corrected chi connectivity index (χ4v) is 2.63. The van der Waals surface area contributed by atoms with Crippen molar-refractivity contribution >= 4 is 10.8 Å². The molecule has 2 atom stereocenters. The van der Waals surface area contributed by atoms with Crippen LogP contribution in [0.25, 0.3) is 0 Å². The molecule has 80 valence electrons. The third-order valence-corrected chi connectivity index (χ3v) is 3.58. The lowest BCUT2D eigenvalue weighted by Crippen LogP contribution is -2.27. The Kier molecular flexibility index (Phi) is 8.77. The molecule has 13 heavy (non-hydrogen) atoms. The molecule has 0 aromatic heterocycles. The number of hydrogen-bond acceptors (Lipinski definition) is 2. The van der Waals surface area contributed by atoms with Crippen molar-refractivity contribution in [1.29, 1.82) is 0 Å². The molecule has 0 radical (unpaired) electrons. The van der Waals surface area contributed by atoms with Gasteiger partial charge in [0.2, 0.25) is 0 Å². The first-order chi connectivity index (χ1) is 6.20. The highest BCUT2D eigenvalue weighted by atomic mass is 32.2. The minimum absolute atomic E-state index is 0.146. The van der Waals surface area contributed by atoms with Gasteiger partial charge in [0.25, 0.3) is 0 Å². The summed E-state index contributed by atoms with van der Waals surface area (Å²) in [5, 5.41) is 0. The van der Waals surface area contributed by atoms with Crippen molar-refractivity contribution in [2.24, 2.45) is 5.73 Å². The topological polar surface area (TPSA) is 43.1 Å². The zero-order valence-electron chi connectivity index (χ0n) is 8.92. The Morgan fingerprint density at radius 1 is 1.23 bits per heavy atom. The van der Waals surface area contributed by atoms with Gasteiger partial charge in [0.1, 0.15) is 0 Å². The summed E-state index contributed by atoms with van der Waals surface area (Å²) in [5.74, 6) is 1.53. The molecule has 0 aliphatic heterocycles. The van der Waals surface area contributed by atoms with Gasteiger partial charge in [-0.2, -0.15) is 0 Å². The van der Waals surface area contributed by atoms with Crippen molar-refractivity contribution in [3.05, 3.63) is 0 Å². The maximum atomic E-state index is 11.4. The van der Waals surface area contributed by atoms with Crippen molar-refractivity contribution in [3.8, 4) is 0 Å². The number of hydrogen-bond donors (Lipinski definition) is 1. The van der Waals surface area contributed by atoms with Gasteiger partial charge in [-0.1, -0.05) is 33.1 Å². The lowest BCUT2D eigenvalue weighted by atomic mass is 10.2. The quantitative estimate of drug-likeness (QED) is 0.616. The van der Waals surface area contributed by atoms with E-state index in [1.807, 2.05) is 0 Å². The molecule has 0 fully saturated rings. The highest BCUT2D eigenvalue weighted by molar-refractivity contribution is 7.85. The Morgan fingerprint density at radius 2 is 1.92 bits per heavy atom. The van der Waals surface area contributed by atoms with Crippen molar-refractivity contribution < 1.29 is 4.21 Å². The molecule has 0 aromatic rings. The second-order valence-electron chi connectivity index (χ2n) is 3.57. The molecule has 0 heterocycles. The maximum Gasteiger partial charge on any atom is 0.0386 e. The molecular formula is C10H23NOS. The summed E-state index contributed by atoms with van der Waals surface area (Å²) in [6.45, 7) is 4.27. The highest BCUT2D eigenvalue weighted by Crippen LogP contribution is 2.00. The molecule has 3 heteroatoms. The second kappa shape index (κ2) is 8.70. The Balaban J connectivity index is 3.38. The monoisotopic (exact) mass is 205 g/mol. The van der Waals surface area contributed by atoms with Gasteiger partial charge in [-0.05, 0) is 12.8 Å². The zero-order chi connectivity index (χ0) is 10.1. The van der Waals surface area contributed by atoms with Crippen LogP contribution in [0.1, 0.15) is 46.0 Å². The van der Waals surface area contributed by atoms with E-state index in [-0.39, 0.29) is 6.04 Å². The molecule has 0 rings (SSSR count). The second-order valence-corrected chi connectivity index (χ2v) is 5.19. The fraction of sp³-hybridized carbons (Fsp3) is 1.00. The molecule has 0 saturated carbocycles. The van der Waals surface area contributed by atoms with Crippen LogP contribution in [0.2, 0.25) is 0 Å². The standard InChI is InChI=1S/C10H23NOS/c1-3-5-6-8-13(12)9-10(11)7-4-2/h10H,3-9,11H2,1-2H3. The summed E-state index contributed by atoms with van der Waals surface area (Å²) < 4.78 is 11.4. The van der Waals surface area contributed by atoms with E-state index in [0.717, 1.165) is 25.0 Å². The van der Waals surface area contributed by atoms with Crippen molar-refractivity contribution in [3.63, 3.8) is 0 Å². The van der Waals surface area contributed by atoms with Crippen LogP contribution in [0.5, 0.6) is 0 Å². The number of nitrogens with two attached hydrogens (primary N) is 1. The van der Waals surface area contributed by atoms with Crippen LogP contribution >= 0.6 is 0 Å². The SMILES string of the molecule is CCCCCS(=O)CC(N)CCC. The first-order valence-corrected chi connectivity index (χ1v) is 6.80. The Hall–Kier alpha value is 0.110. The zero-order valence-corrected chi connectivity index (χ0v) is 9.74. The Bertz CT molecular complexity index is 139. The maximum absolute atomic E-state index is 11.4. The lowest BCUT2D eigenvalue weighted by molar-refractivity contribution is 0.635. The van der Waals surface area contributed by atoms with Gasteiger partial charge in [-0.3, -0.25) is 4.21 Å². The normalized spacial score (nSPS) is 15.6. The van der Waals surface area contributed by atoms with Gasteiger partial charge in [-0.25, -0.2) is 0 Å². The molecular weight excluding hydrogens is 182 g/mol. The van der Waals surface area contributed by atoms with Crippen LogP contribution in [-0.4, -0.2) is 21.8 Å². The minimum Gasteiger partial charge on any atom is -0.327 e. The van der Waals surface area contributed by atoms with E-state index in [9.17, 15) is 4.21 Å². The fourth-order valence-electron chi connectivity index (χ4n) is 1.29. The van der Waals surface area contributed by atoms with Gasteiger partial charge in [-0.15, -0.1) is 0 Å². The van der Waals surface area contributed by atoms with E-state index in [1.54, 1.807) is 0 Å². The summed E-state index contributed by atoms with van der Waals surface area (Å²) >= 11 is 0. The Morgan fingerprint density at radius 3 is 2.46 bits per heavy atom. The van der Waals surface area contributed by atoms with Crippen LogP contribution in [-0.2, 0) is 10.8 Å². The van der Waals surface area contributed by atoms with E-state index in [0.29, 0.717) is 5.75 Å². The van der Waals surface area contributed by atoms with Crippen molar-refractivity contribution in [2.75, 3.05) is 11.5 Å². The van der Waals surface area contributed by atoms with Crippen LogP contribution in [0.15, 0.2) is 0 Å². The van der Waals surface area contributed by atoms with E-state index in [2.05, 4.69) is 13.8 Å². The van der Waals surface area contributed by atoms with Crippen LogP contribution in [0.3, 0.4) is 0 Å². The summed E-state index contributed by atoms with van der Waals surface area (Å²) in [7, 11) is -0.678. The smallest absolute Gasteiger partial charge is 0.0386 e. The average Bonchev–Trinajstić information content (AvgIpc) is 2.05. The van der Waals surface area contributed by atoms with E-state index in [1.165, 1.54) is 12.8 Å². The van der Waals surface area contributed by atoms with E-state index >= 15 is 0 Å². The summed E-state index contributed by atoms with van der Waals surface area (Å²) in [6, 6.07) is 0.146. The lowest BCUT2D eigenvalue weighted by Gasteiger charge is -2.09. The highest BCUT2D eigenvalue weighted by Gasteiger charge is 2.06. The molecule has 2 N–H and O–H groups in total. The Labute approximate surface area is 84.7 Å². The largest absolute Gasteiger partial charge is 0.327 e. The number of rotatable bonds is 8. The first-order valence-electron chi connectivity index (χ1n) is 5.31. The van der Waals surface area contributed by atoms with Gasteiger partial charge in [0.15, 0.2) is 0 Å².